The fourth-order valence-electron chi connectivity index (χ4n) is 1.64. The summed E-state index contributed by atoms with van der Waals surface area (Å²) in [5, 5.41) is 26.1. The maximum atomic E-state index is 9.84. The van der Waals surface area contributed by atoms with Crippen molar-refractivity contribution >= 4 is 17.3 Å². The Hall–Kier alpha value is -2.03. The third kappa shape index (κ3) is 3.71. The first kappa shape index (κ1) is 13.4. The standard InChI is InChI=1S/C13H13ClN4O/c14-13-6-11(3-2-10(13)7-15)16-8-12(19)9-18-5-1-4-17-18/h1-6,12,16,19H,8-9H2. The van der Waals surface area contributed by atoms with E-state index in [0.29, 0.717) is 23.7 Å². The average molecular weight is 277 g/mol. The lowest BCUT2D eigenvalue weighted by Crippen LogP contribution is -2.25. The van der Waals surface area contributed by atoms with E-state index in [9.17, 15) is 5.11 Å². The molecule has 0 aliphatic heterocycles. The minimum atomic E-state index is -0.561. The van der Waals surface area contributed by atoms with Crippen LogP contribution >= 0.6 is 11.6 Å². The van der Waals surface area contributed by atoms with Gasteiger partial charge >= 0.3 is 0 Å². The number of anilines is 1. The molecule has 0 amide bonds. The van der Waals surface area contributed by atoms with Crippen LogP contribution in [0.3, 0.4) is 0 Å². The number of aliphatic hydroxyl groups is 1. The zero-order chi connectivity index (χ0) is 13.7. The molecule has 0 spiro atoms. The lowest BCUT2D eigenvalue weighted by atomic mass is 10.2. The fourth-order valence-corrected chi connectivity index (χ4v) is 1.86. The van der Waals surface area contributed by atoms with Crippen molar-refractivity contribution in [3.63, 3.8) is 0 Å². The van der Waals surface area contributed by atoms with Crippen LogP contribution in [0.5, 0.6) is 0 Å². The number of benzene rings is 1. The second kappa shape index (κ2) is 6.23. The van der Waals surface area contributed by atoms with Gasteiger partial charge in [0.05, 0.1) is 23.2 Å². The van der Waals surface area contributed by atoms with E-state index in [2.05, 4.69) is 10.4 Å². The number of nitriles is 1. The van der Waals surface area contributed by atoms with Gasteiger partial charge in [-0.05, 0) is 24.3 Å². The number of hydrogen-bond donors (Lipinski definition) is 2. The van der Waals surface area contributed by atoms with E-state index in [1.807, 2.05) is 6.07 Å². The number of nitrogens with one attached hydrogen (secondary N) is 1. The molecule has 2 rings (SSSR count). The summed E-state index contributed by atoms with van der Waals surface area (Å²) in [6, 6.07) is 8.87. The van der Waals surface area contributed by atoms with Crippen LogP contribution < -0.4 is 5.32 Å². The largest absolute Gasteiger partial charge is 0.389 e. The smallest absolute Gasteiger partial charge is 0.101 e. The van der Waals surface area contributed by atoms with Crippen molar-refractivity contribution in [2.45, 2.75) is 12.6 Å². The number of rotatable bonds is 5. The van der Waals surface area contributed by atoms with Gasteiger partial charge in [-0.15, -0.1) is 0 Å². The lowest BCUT2D eigenvalue weighted by Gasteiger charge is -2.13. The maximum absolute atomic E-state index is 9.84. The molecule has 98 valence electrons. The van der Waals surface area contributed by atoms with Gasteiger partial charge in [0.15, 0.2) is 0 Å². The van der Waals surface area contributed by atoms with Gasteiger partial charge in [-0.1, -0.05) is 11.6 Å². The van der Waals surface area contributed by atoms with Crippen LogP contribution in [0.15, 0.2) is 36.7 Å². The first-order valence-corrected chi connectivity index (χ1v) is 6.16. The molecule has 6 heteroatoms. The van der Waals surface area contributed by atoms with Crippen molar-refractivity contribution in [2.24, 2.45) is 0 Å². The van der Waals surface area contributed by atoms with Gasteiger partial charge in [0, 0.05) is 24.6 Å². The Kier molecular flexibility index (Phi) is 4.39. The Morgan fingerprint density at radius 1 is 1.53 bits per heavy atom. The highest BCUT2D eigenvalue weighted by molar-refractivity contribution is 6.32. The van der Waals surface area contributed by atoms with E-state index in [1.165, 1.54) is 0 Å². The fraction of sp³-hybridized carbons (Fsp3) is 0.231. The van der Waals surface area contributed by atoms with Crippen molar-refractivity contribution in [1.29, 1.82) is 5.26 Å². The van der Waals surface area contributed by atoms with Gasteiger partial charge in [-0.2, -0.15) is 10.4 Å². The predicted molar refractivity (Wildman–Crippen MR) is 72.9 cm³/mol. The summed E-state index contributed by atoms with van der Waals surface area (Å²) < 4.78 is 1.66. The molecule has 0 saturated carbocycles. The summed E-state index contributed by atoms with van der Waals surface area (Å²) in [5.74, 6) is 0. The molecule has 2 aromatic rings. The minimum Gasteiger partial charge on any atom is -0.389 e. The van der Waals surface area contributed by atoms with Gasteiger partial charge < -0.3 is 10.4 Å². The molecule has 0 saturated heterocycles. The van der Waals surface area contributed by atoms with Crippen molar-refractivity contribution in [3.8, 4) is 6.07 Å². The lowest BCUT2D eigenvalue weighted by molar-refractivity contribution is 0.161. The summed E-state index contributed by atoms with van der Waals surface area (Å²) >= 11 is 5.92. The minimum absolute atomic E-state index is 0.377. The number of aliphatic hydroxyl groups excluding tert-OH is 1. The molecule has 1 aromatic heterocycles. The zero-order valence-electron chi connectivity index (χ0n) is 10.1. The molecule has 5 nitrogen and oxygen atoms in total. The van der Waals surface area contributed by atoms with Crippen LogP contribution in [-0.4, -0.2) is 27.5 Å². The average Bonchev–Trinajstić information content (AvgIpc) is 2.89. The first-order valence-electron chi connectivity index (χ1n) is 5.78. The van der Waals surface area contributed by atoms with E-state index >= 15 is 0 Å². The highest BCUT2D eigenvalue weighted by Crippen LogP contribution is 2.20. The zero-order valence-corrected chi connectivity index (χ0v) is 10.9. The topological polar surface area (TPSA) is 73.9 Å². The number of aromatic nitrogens is 2. The summed E-state index contributed by atoms with van der Waals surface area (Å²) in [6.45, 7) is 0.798. The predicted octanol–water partition coefficient (Wildman–Crippen LogP) is 1.88. The molecule has 19 heavy (non-hydrogen) atoms. The van der Waals surface area contributed by atoms with Crippen LogP contribution in [0.2, 0.25) is 5.02 Å². The van der Waals surface area contributed by atoms with Crippen molar-refractivity contribution in [1.82, 2.24) is 9.78 Å². The Balaban J connectivity index is 1.88. The molecule has 1 aromatic carbocycles. The molecule has 0 aliphatic rings. The summed E-state index contributed by atoms with van der Waals surface area (Å²) in [4.78, 5) is 0. The second-order valence-electron chi connectivity index (χ2n) is 4.07. The maximum Gasteiger partial charge on any atom is 0.101 e. The highest BCUT2D eigenvalue weighted by Gasteiger charge is 2.06. The molecule has 2 N–H and O–H groups in total. The number of hydrogen-bond acceptors (Lipinski definition) is 4. The van der Waals surface area contributed by atoms with E-state index in [1.54, 1.807) is 41.3 Å². The number of halogens is 1. The molecule has 0 aliphatic carbocycles. The third-order valence-electron chi connectivity index (χ3n) is 2.59. The van der Waals surface area contributed by atoms with E-state index < -0.39 is 6.10 Å². The first-order chi connectivity index (χ1) is 9.19. The Morgan fingerprint density at radius 3 is 3.00 bits per heavy atom. The van der Waals surface area contributed by atoms with Gasteiger partial charge in [0.25, 0.3) is 0 Å². The Morgan fingerprint density at radius 2 is 2.37 bits per heavy atom. The van der Waals surface area contributed by atoms with E-state index in [0.717, 1.165) is 5.69 Å². The Labute approximate surface area is 116 Å². The van der Waals surface area contributed by atoms with E-state index in [4.69, 9.17) is 16.9 Å². The Bertz CT molecular complexity index is 577. The summed E-state index contributed by atoms with van der Waals surface area (Å²) in [5.41, 5.74) is 1.20. The van der Waals surface area contributed by atoms with Crippen LogP contribution in [0.1, 0.15) is 5.56 Å². The molecule has 1 heterocycles. The monoisotopic (exact) mass is 276 g/mol. The highest BCUT2D eigenvalue weighted by atomic mass is 35.5. The summed E-state index contributed by atoms with van der Waals surface area (Å²) in [6.07, 6.45) is 2.90. The third-order valence-corrected chi connectivity index (χ3v) is 2.90. The van der Waals surface area contributed by atoms with Gasteiger partial charge in [0.1, 0.15) is 6.07 Å². The molecule has 1 atom stereocenters. The number of nitrogens with zero attached hydrogens (tertiary/aromatic N) is 3. The van der Waals surface area contributed by atoms with E-state index in [-0.39, 0.29) is 0 Å². The van der Waals surface area contributed by atoms with Crippen LogP contribution in [0.25, 0.3) is 0 Å². The van der Waals surface area contributed by atoms with Gasteiger partial charge in [0.2, 0.25) is 0 Å². The molecule has 0 radical (unpaired) electrons. The van der Waals surface area contributed by atoms with Crippen molar-refractivity contribution < 1.29 is 5.11 Å². The molecule has 1 unspecified atom stereocenters. The quantitative estimate of drug-likeness (QED) is 0.874. The van der Waals surface area contributed by atoms with Crippen LogP contribution in [-0.2, 0) is 6.54 Å². The van der Waals surface area contributed by atoms with Crippen LogP contribution in [0.4, 0.5) is 5.69 Å². The van der Waals surface area contributed by atoms with Crippen LogP contribution in [0, 0.1) is 11.3 Å². The SMILES string of the molecule is N#Cc1ccc(NCC(O)Cn2cccn2)cc1Cl. The molecule has 0 fully saturated rings. The second-order valence-corrected chi connectivity index (χ2v) is 4.48. The molecular formula is C13H13ClN4O. The molecule has 0 bridgehead atoms. The van der Waals surface area contributed by atoms with Gasteiger partial charge in [-0.25, -0.2) is 0 Å². The van der Waals surface area contributed by atoms with Crippen molar-refractivity contribution in [3.05, 3.63) is 47.2 Å². The molecular weight excluding hydrogens is 264 g/mol. The summed E-state index contributed by atoms with van der Waals surface area (Å²) in [7, 11) is 0. The normalized spacial score (nSPS) is 11.8. The van der Waals surface area contributed by atoms with Crippen molar-refractivity contribution in [2.75, 3.05) is 11.9 Å². The van der Waals surface area contributed by atoms with Gasteiger partial charge in [-0.3, -0.25) is 4.68 Å².